The molecule has 1 aliphatic heterocycles. The van der Waals surface area contributed by atoms with Crippen molar-refractivity contribution in [3.8, 4) is 0 Å². The molecule has 1 unspecified atom stereocenters. The molecule has 4 atom stereocenters. The number of primary amides is 1. The van der Waals surface area contributed by atoms with Gasteiger partial charge in [-0.05, 0) is 0 Å². The molecule has 0 bridgehead atoms. The van der Waals surface area contributed by atoms with Crippen LogP contribution < -0.4 is 5.73 Å². The molecule has 1 aliphatic rings. The molecule has 0 saturated carbocycles. The summed E-state index contributed by atoms with van der Waals surface area (Å²) in [4.78, 5) is 14.4. The zero-order valence-corrected chi connectivity index (χ0v) is 8.67. The van der Waals surface area contributed by atoms with E-state index in [1.165, 1.54) is 0 Å². The normalized spacial score (nSPS) is 32.9. The minimum absolute atomic E-state index is 0.220. The first kappa shape index (κ1) is 11.9. The maximum absolute atomic E-state index is 10.8. The van der Waals surface area contributed by atoms with Gasteiger partial charge in [0.15, 0.2) is 6.23 Å². The number of hydrogen-bond donors (Lipinski definition) is 4. The average molecular weight is 244 g/mol. The van der Waals surface area contributed by atoms with E-state index in [9.17, 15) is 15.0 Å². The number of aliphatic hydroxyl groups is 3. The van der Waals surface area contributed by atoms with Crippen molar-refractivity contribution < 1.29 is 24.9 Å². The minimum Gasteiger partial charge on any atom is -0.394 e. The van der Waals surface area contributed by atoms with Gasteiger partial charge in [0.1, 0.15) is 24.6 Å². The molecule has 9 nitrogen and oxygen atoms in total. The van der Waals surface area contributed by atoms with Crippen molar-refractivity contribution >= 4 is 5.91 Å². The van der Waals surface area contributed by atoms with Crippen molar-refractivity contribution in [3.05, 3.63) is 12.2 Å². The Morgan fingerprint density at radius 1 is 1.53 bits per heavy atom. The Labute approximate surface area is 95.4 Å². The summed E-state index contributed by atoms with van der Waals surface area (Å²) in [5, 5.41) is 31.8. The van der Waals surface area contributed by atoms with Gasteiger partial charge in [-0.25, -0.2) is 9.67 Å². The highest BCUT2D eigenvalue weighted by molar-refractivity contribution is 5.88. The van der Waals surface area contributed by atoms with Gasteiger partial charge >= 0.3 is 0 Å². The quantitative estimate of drug-likeness (QED) is 0.443. The molecular weight excluding hydrogens is 232 g/mol. The average Bonchev–Trinajstić information content (AvgIpc) is 2.87. The predicted molar refractivity (Wildman–Crippen MR) is 51.5 cm³/mol. The number of carbonyl (C=O) groups excluding carboxylic acids is 1. The zero-order chi connectivity index (χ0) is 12.6. The molecule has 1 saturated heterocycles. The molecule has 2 rings (SSSR count). The molecule has 9 heteroatoms. The van der Waals surface area contributed by atoms with E-state index in [4.69, 9.17) is 15.6 Å². The Hall–Kier alpha value is -1.55. The topological polar surface area (TPSA) is 144 Å². The highest BCUT2D eigenvalue weighted by atomic mass is 16.6. The number of hydrogen-bond acceptors (Lipinski definition) is 7. The number of carbonyl (C=O) groups is 1. The summed E-state index contributed by atoms with van der Waals surface area (Å²) in [7, 11) is 0. The lowest BCUT2D eigenvalue weighted by Gasteiger charge is -2.13. The first-order valence-electron chi connectivity index (χ1n) is 4.88. The second kappa shape index (κ2) is 4.37. The van der Waals surface area contributed by atoms with Crippen LogP contribution in [0.25, 0.3) is 0 Å². The van der Waals surface area contributed by atoms with E-state index in [1.807, 2.05) is 0 Å². The molecule has 17 heavy (non-hydrogen) atoms. The van der Waals surface area contributed by atoms with Gasteiger partial charge < -0.3 is 25.8 Å². The SMILES string of the molecule is NC(=O)c1ncn([C@@H]2O[C@H](CO)[C@H](O)C2O)n1. The van der Waals surface area contributed by atoms with Crippen LogP contribution in [-0.4, -0.2) is 60.9 Å². The lowest BCUT2D eigenvalue weighted by molar-refractivity contribution is -0.0588. The van der Waals surface area contributed by atoms with Crippen LogP contribution in [0.15, 0.2) is 6.33 Å². The Kier molecular flexibility index (Phi) is 3.07. The predicted octanol–water partition coefficient (Wildman–Crippen LogP) is -3.01. The molecule has 2 heterocycles. The summed E-state index contributed by atoms with van der Waals surface area (Å²) >= 11 is 0. The van der Waals surface area contributed by atoms with E-state index in [2.05, 4.69) is 10.1 Å². The van der Waals surface area contributed by atoms with Crippen LogP contribution in [0, 0.1) is 0 Å². The van der Waals surface area contributed by atoms with Crippen molar-refractivity contribution in [2.45, 2.75) is 24.5 Å². The highest BCUT2D eigenvalue weighted by Crippen LogP contribution is 2.28. The van der Waals surface area contributed by atoms with E-state index in [0.29, 0.717) is 0 Å². The molecule has 94 valence electrons. The molecule has 0 spiro atoms. The fourth-order valence-electron chi connectivity index (χ4n) is 1.61. The molecule has 0 aliphatic carbocycles. The van der Waals surface area contributed by atoms with Gasteiger partial charge in [0, 0.05) is 0 Å². The fraction of sp³-hybridized carbons (Fsp3) is 0.625. The lowest BCUT2D eigenvalue weighted by atomic mass is 10.1. The van der Waals surface area contributed by atoms with Crippen LogP contribution in [0.4, 0.5) is 0 Å². The number of nitrogens with zero attached hydrogens (tertiary/aromatic N) is 3. The van der Waals surface area contributed by atoms with Crippen LogP contribution >= 0.6 is 0 Å². The summed E-state index contributed by atoms with van der Waals surface area (Å²) in [6.45, 7) is -0.438. The Morgan fingerprint density at radius 3 is 2.71 bits per heavy atom. The Balaban J connectivity index is 2.19. The first-order chi connectivity index (χ1) is 8.04. The van der Waals surface area contributed by atoms with Gasteiger partial charge in [-0.2, -0.15) is 0 Å². The number of amides is 1. The summed E-state index contributed by atoms with van der Waals surface area (Å²) in [5.41, 5.74) is 4.97. The van der Waals surface area contributed by atoms with Crippen LogP contribution in [0.3, 0.4) is 0 Å². The molecule has 0 aromatic carbocycles. The molecule has 0 radical (unpaired) electrons. The summed E-state index contributed by atoms with van der Waals surface area (Å²) < 4.78 is 6.25. The summed E-state index contributed by atoms with van der Waals surface area (Å²) in [6.07, 6.45) is -3.26. The third-order valence-corrected chi connectivity index (χ3v) is 2.51. The van der Waals surface area contributed by atoms with Crippen LogP contribution in [-0.2, 0) is 4.74 Å². The van der Waals surface area contributed by atoms with Gasteiger partial charge in [0.2, 0.25) is 5.82 Å². The van der Waals surface area contributed by atoms with E-state index in [-0.39, 0.29) is 5.82 Å². The number of aliphatic hydroxyl groups excluding tert-OH is 3. The van der Waals surface area contributed by atoms with Gasteiger partial charge in [-0.1, -0.05) is 0 Å². The van der Waals surface area contributed by atoms with Gasteiger partial charge in [-0.3, -0.25) is 4.79 Å². The van der Waals surface area contributed by atoms with Gasteiger partial charge in [0.25, 0.3) is 5.91 Å². The van der Waals surface area contributed by atoms with E-state index in [1.54, 1.807) is 0 Å². The maximum Gasteiger partial charge on any atom is 0.288 e. The Morgan fingerprint density at radius 2 is 2.24 bits per heavy atom. The molecule has 1 amide bonds. The van der Waals surface area contributed by atoms with Crippen molar-refractivity contribution in [1.82, 2.24) is 14.8 Å². The second-order valence-electron chi connectivity index (χ2n) is 3.64. The van der Waals surface area contributed by atoms with Crippen LogP contribution in [0.2, 0.25) is 0 Å². The zero-order valence-electron chi connectivity index (χ0n) is 8.67. The molecular formula is C8H12N4O5. The lowest BCUT2D eigenvalue weighted by Crippen LogP contribution is -2.33. The largest absolute Gasteiger partial charge is 0.394 e. The minimum atomic E-state index is -1.27. The number of nitrogens with two attached hydrogens (primary N) is 1. The van der Waals surface area contributed by atoms with E-state index < -0.39 is 37.1 Å². The van der Waals surface area contributed by atoms with E-state index in [0.717, 1.165) is 11.0 Å². The molecule has 5 N–H and O–H groups in total. The van der Waals surface area contributed by atoms with Crippen LogP contribution in [0.1, 0.15) is 16.8 Å². The van der Waals surface area contributed by atoms with Gasteiger partial charge in [-0.15, -0.1) is 5.10 Å². The highest BCUT2D eigenvalue weighted by Gasteiger charge is 2.43. The van der Waals surface area contributed by atoms with Crippen molar-refractivity contribution in [1.29, 1.82) is 0 Å². The third-order valence-electron chi connectivity index (χ3n) is 2.51. The number of rotatable bonds is 3. The molecule has 1 aromatic heterocycles. The van der Waals surface area contributed by atoms with Crippen molar-refractivity contribution in [2.75, 3.05) is 6.61 Å². The first-order valence-corrected chi connectivity index (χ1v) is 4.88. The smallest absolute Gasteiger partial charge is 0.288 e. The number of ether oxygens (including phenoxy) is 1. The second-order valence-corrected chi connectivity index (χ2v) is 3.64. The number of aromatic nitrogens is 3. The molecule has 1 aromatic rings. The van der Waals surface area contributed by atoms with Crippen molar-refractivity contribution in [2.24, 2.45) is 5.73 Å². The molecule has 1 fully saturated rings. The summed E-state index contributed by atoms with van der Waals surface area (Å²) in [5.74, 6) is -1.03. The third kappa shape index (κ3) is 2.00. The maximum atomic E-state index is 10.8. The van der Waals surface area contributed by atoms with Crippen LogP contribution in [0.5, 0.6) is 0 Å². The summed E-state index contributed by atoms with van der Waals surface area (Å²) in [6, 6.07) is 0. The monoisotopic (exact) mass is 244 g/mol. The fourth-order valence-corrected chi connectivity index (χ4v) is 1.61. The van der Waals surface area contributed by atoms with Crippen molar-refractivity contribution in [3.63, 3.8) is 0 Å². The van der Waals surface area contributed by atoms with Gasteiger partial charge in [0.05, 0.1) is 6.61 Å². The standard InChI is InChI=1S/C8H12N4O5/c9-6(16)7-10-2-12(11-7)8-5(15)4(14)3(1-13)17-8/h2-5,8,13-15H,1H2,(H2,9,16)/t3-,4+,5?,8-/m1/s1. The van der Waals surface area contributed by atoms with E-state index >= 15 is 0 Å². The Bertz CT molecular complexity index is 422.